The molecule has 3 rings (SSSR count). The number of aromatic nitrogens is 2. The summed E-state index contributed by atoms with van der Waals surface area (Å²) in [6.07, 6.45) is 1.79. The molecule has 1 aromatic carbocycles. The third-order valence-corrected chi connectivity index (χ3v) is 3.72. The standard InChI is InChI=1S/C11H8N.C9H13NO.Ir/c1-2-6-10(7-3-1)11-8-4-5-9-12-11;1-5-6(2)9(8(4)11)10-7(5)3;/h1-6,8-9H;1-4H3,(H,10,11);/q-1;;/p-1. The molecule has 0 atom stereocenters. The minimum absolute atomic E-state index is 0. The van der Waals surface area contributed by atoms with Crippen molar-refractivity contribution in [3.8, 4) is 11.3 Å². The minimum atomic E-state index is 0. The zero-order valence-electron chi connectivity index (χ0n) is 14.3. The van der Waals surface area contributed by atoms with Crippen LogP contribution in [0, 0.1) is 26.8 Å². The summed E-state index contributed by atoms with van der Waals surface area (Å²) < 4.78 is 0. The second-order valence-electron chi connectivity index (χ2n) is 5.34. The number of hydrogen-bond acceptors (Lipinski definition) is 2. The quantitative estimate of drug-likeness (QED) is 0.392. The van der Waals surface area contributed by atoms with Gasteiger partial charge in [0, 0.05) is 26.3 Å². The van der Waals surface area contributed by atoms with Crippen LogP contribution in [0.25, 0.3) is 11.3 Å². The maximum Gasteiger partial charge on any atom is 0.138 e. The molecule has 0 aliphatic heterocycles. The van der Waals surface area contributed by atoms with Crippen molar-refractivity contribution >= 4 is 5.78 Å². The number of pyridine rings is 1. The fraction of sp³-hybridized carbons (Fsp3) is 0.200. The Morgan fingerprint density at radius 3 is 2.17 bits per heavy atom. The maximum atomic E-state index is 11.0. The van der Waals surface area contributed by atoms with Gasteiger partial charge in [-0.3, -0.25) is 4.79 Å². The zero-order chi connectivity index (χ0) is 16.8. The number of carbonyl (C=O) groups is 1. The first-order valence-corrected chi connectivity index (χ1v) is 7.50. The number of Topliss-reactive ketones (excluding diaryl/α,β-unsaturated/α-hetero) is 1. The second-order valence-corrected chi connectivity index (χ2v) is 5.34. The van der Waals surface area contributed by atoms with E-state index in [1.807, 2.05) is 63.2 Å². The van der Waals surface area contributed by atoms with Gasteiger partial charge in [-0.05, 0) is 32.5 Å². The number of ketones is 1. The van der Waals surface area contributed by atoms with Crippen molar-refractivity contribution in [3.63, 3.8) is 0 Å². The van der Waals surface area contributed by atoms with Gasteiger partial charge in [-0.15, -0.1) is 35.9 Å². The summed E-state index contributed by atoms with van der Waals surface area (Å²) in [7, 11) is 0. The Labute approximate surface area is 156 Å². The van der Waals surface area contributed by atoms with Crippen molar-refractivity contribution < 1.29 is 24.9 Å². The first kappa shape index (κ1) is 20.0. The van der Waals surface area contributed by atoms with E-state index in [9.17, 15) is 4.79 Å². The molecular weight excluding hydrogens is 476 g/mol. The monoisotopic (exact) mass is 497 g/mol. The van der Waals surface area contributed by atoms with E-state index in [0.717, 1.165) is 28.1 Å². The summed E-state index contributed by atoms with van der Waals surface area (Å²) in [5.41, 5.74) is 5.76. The zero-order valence-corrected chi connectivity index (χ0v) is 16.6. The molecule has 0 N–H and O–H groups in total. The van der Waals surface area contributed by atoms with E-state index < -0.39 is 0 Å². The normalized spacial score (nSPS) is 9.50. The van der Waals surface area contributed by atoms with E-state index >= 15 is 0 Å². The van der Waals surface area contributed by atoms with Crippen molar-refractivity contribution in [1.29, 1.82) is 0 Å². The molecule has 127 valence electrons. The topological polar surface area (TPSA) is 44.1 Å². The van der Waals surface area contributed by atoms with E-state index in [-0.39, 0.29) is 25.9 Å². The molecule has 1 radical (unpaired) electrons. The smallest absolute Gasteiger partial charge is 0.138 e. The van der Waals surface area contributed by atoms with E-state index in [4.69, 9.17) is 0 Å². The van der Waals surface area contributed by atoms with E-state index in [0.29, 0.717) is 5.69 Å². The predicted octanol–water partition coefficient (Wildman–Crippen LogP) is 4.32. The number of aryl methyl sites for hydroxylation is 1. The summed E-state index contributed by atoms with van der Waals surface area (Å²) in [6.45, 7) is 7.40. The Bertz CT molecular complexity index is 743. The van der Waals surface area contributed by atoms with Gasteiger partial charge in [-0.1, -0.05) is 35.9 Å². The third-order valence-electron chi connectivity index (χ3n) is 3.72. The van der Waals surface area contributed by atoms with Crippen LogP contribution in [0.3, 0.4) is 0 Å². The Hall–Kier alpha value is -2.03. The van der Waals surface area contributed by atoms with Crippen molar-refractivity contribution in [2.45, 2.75) is 27.7 Å². The van der Waals surface area contributed by atoms with Crippen LogP contribution in [0.5, 0.6) is 0 Å². The predicted molar refractivity (Wildman–Crippen MR) is 92.5 cm³/mol. The molecule has 0 aliphatic carbocycles. The number of carbonyl (C=O) groups excluding carboxylic acids is 1. The molecule has 4 heteroatoms. The Morgan fingerprint density at radius 1 is 1.04 bits per heavy atom. The second kappa shape index (κ2) is 9.31. The van der Waals surface area contributed by atoms with Gasteiger partial charge in [0.2, 0.25) is 0 Å². The molecule has 2 aromatic heterocycles. The molecule has 0 bridgehead atoms. The first-order chi connectivity index (χ1) is 11.0. The van der Waals surface area contributed by atoms with E-state index in [1.165, 1.54) is 0 Å². The van der Waals surface area contributed by atoms with E-state index in [1.54, 1.807) is 13.1 Å². The Kier molecular flexibility index (Phi) is 7.76. The Balaban J connectivity index is 0.000000232. The van der Waals surface area contributed by atoms with Crippen LogP contribution in [-0.2, 0) is 20.1 Å². The average molecular weight is 497 g/mol. The molecule has 0 spiro atoms. The molecule has 0 aliphatic rings. The number of hydrogen-bond donors (Lipinski definition) is 0. The van der Waals surface area contributed by atoms with Crippen molar-refractivity contribution in [1.82, 2.24) is 9.97 Å². The van der Waals surface area contributed by atoms with Crippen molar-refractivity contribution in [3.05, 3.63) is 77.2 Å². The summed E-state index contributed by atoms with van der Waals surface area (Å²) in [6, 6.07) is 16.8. The van der Waals surface area contributed by atoms with Gasteiger partial charge < -0.3 is 9.97 Å². The maximum absolute atomic E-state index is 11.0. The van der Waals surface area contributed by atoms with Crippen LogP contribution in [0.4, 0.5) is 0 Å². The molecule has 0 saturated heterocycles. The fourth-order valence-corrected chi connectivity index (χ4v) is 2.20. The molecule has 0 amide bonds. The molecule has 24 heavy (non-hydrogen) atoms. The van der Waals surface area contributed by atoms with Gasteiger partial charge in [0.05, 0.1) is 0 Å². The van der Waals surface area contributed by atoms with Gasteiger partial charge in [0.1, 0.15) is 5.78 Å². The van der Waals surface area contributed by atoms with Gasteiger partial charge in [0.25, 0.3) is 0 Å². The Morgan fingerprint density at radius 2 is 1.75 bits per heavy atom. The van der Waals surface area contributed by atoms with Crippen LogP contribution in [0.2, 0.25) is 0 Å². The van der Waals surface area contributed by atoms with Crippen LogP contribution < -0.4 is 4.98 Å². The van der Waals surface area contributed by atoms with Gasteiger partial charge in [0.15, 0.2) is 0 Å². The minimum Gasteiger partial charge on any atom is -0.658 e. The molecule has 3 aromatic rings. The van der Waals surface area contributed by atoms with Gasteiger partial charge in [-0.2, -0.15) is 5.69 Å². The summed E-state index contributed by atoms with van der Waals surface area (Å²) in [5, 5.41) is 0. The first-order valence-electron chi connectivity index (χ1n) is 7.50. The average Bonchev–Trinajstić information content (AvgIpc) is 2.85. The summed E-state index contributed by atoms with van der Waals surface area (Å²) in [5.74, 6) is 0.0544. The number of nitrogens with zero attached hydrogens (tertiary/aromatic N) is 2. The summed E-state index contributed by atoms with van der Waals surface area (Å²) in [4.78, 5) is 19.3. The largest absolute Gasteiger partial charge is 0.658 e. The van der Waals surface area contributed by atoms with Crippen LogP contribution in [-0.4, -0.2) is 10.8 Å². The molecule has 0 saturated carbocycles. The molecule has 0 fully saturated rings. The van der Waals surface area contributed by atoms with Crippen LogP contribution in [0.1, 0.15) is 34.2 Å². The van der Waals surface area contributed by atoms with Crippen molar-refractivity contribution in [2.75, 3.05) is 0 Å². The van der Waals surface area contributed by atoms with Crippen molar-refractivity contribution in [2.24, 2.45) is 0 Å². The molecule has 0 unspecified atom stereocenters. The number of rotatable bonds is 2. The van der Waals surface area contributed by atoms with Gasteiger partial charge in [-0.25, -0.2) is 0 Å². The van der Waals surface area contributed by atoms with E-state index in [2.05, 4.69) is 16.0 Å². The molecule has 2 heterocycles. The van der Waals surface area contributed by atoms with Crippen LogP contribution in [0.15, 0.2) is 48.7 Å². The fourth-order valence-electron chi connectivity index (χ4n) is 2.20. The SMILES string of the molecule is CC(=O)c1[n-]c(C)c(C)c1C.[Ir].[c-]1ccccc1-c1ccccn1. The number of benzene rings is 1. The third kappa shape index (κ3) is 4.98. The summed E-state index contributed by atoms with van der Waals surface area (Å²) >= 11 is 0. The van der Waals surface area contributed by atoms with Crippen LogP contribution >= 0.6 is 0 Å². The van der Waals surface area contributed by atoms with Gasteiger partial charge >= 0.3 is 0 Å². The molecule has 3 nitrogen and oxygen atoms in total. The molecular formula is C20H20IrN2O-2.